The van der Waals surface area contributed by atoms with Crippen molar-refractivity contribution in [2.24, 2.45) is 7.05 Å². The monoisotopic (exact) mass is 176 g/mol. The van der Waals surface area contributed by atoms with Gasteiger partial charge in [-0.05, 0) is 25.1 Å². The summed E-state index contributed by atoms with van der Waals surface area (Å²) >= 11 is 0. The number of nitrogens with one attached hydrogen (secondary N) is 1. The minimum atomic E-state index is 0.861. The predicted octanol–water partition coefficient (Wildman–Crippen LogP) is 1.53. The number of unbranched alkanes of at least 4 members (excludes halogenated alkanes) is 1. The molecule has 1 aromatic rings. The second-order valence-electron chi connectivity index (χ2n) is 3.09. The quantitative estimate of drug-likeness (QED) is 0.532. The number of terminal acetylenes is 1. The number of hydrogen-bond acceptors (Lipinski definition) is 1. The summed E-state index contributed by atoms with van der Waals surface area (Å²) in [4.78, 5) is 0. The van der Waals surface area contributed by atoms with Crippen molar-refractivity contribution in [3.05, 3.63) is 24.0 Å². The normalized spacial score (nSPS) is 9.85. The number of aromatic nitrogens is 1. The SMILES string of the molecule is C#CCCCNCc1cccn1C. The molecule has 1 aromatic heterocycles. The van der Waals surface area contributed by atoms with Crippen molar-refractivity contribution in [2.45, 2.75) is 19.4 Å². The largest absolute Gasteiger partial charge is 0.353 e. The molecule has 1 N–H and O–H groups in total. The van der Waals surface area contributed by atoms with Crippen LogP contribution in [0.5, 0.6) is 0 Å². The molecule has 1 heterocycles. The lowest BCUT2D eigenvalue weighted by Gasteiger charge is -2.04. The van der Waals surface area contributed by atoms with E-state index in [9.17, 15) is 0 Å². The molecular formula is C11H16N2. The van der Waals surface area contributed by atoms with Gasteiger partial charge in [-0.3, -0.25) is 0 Å². The van der Waals surface area contributed by atoms with E-state index < -0.39 is 0 Å². The maximum Gasteiger partial charge on any atom is 0.0359 e. The minimum absolute atomic E-state index is 0.861. The third-order valence-electron chi connectivity index (χ3n) is 2.03. The van der Waals surface area contributed by atoms with Gasteiger partial charge in [0, 0.05) is 31.9 Å². The summed E-state index contributed by atoms with van der Waals surface area (Å²) in [5, 5.41) is 3.35. The van der Waals surface area contributed by atoms with Crippen LogP contribution in [0.3, 0.4) is 0 Å². The Kier molecular flexibility index (Phi) is 4.14. The van der Waals surface area contributed by atoms with Crippen molar-refractivity contribution in [3.63, 3.8) is 0 Å². The first-order valence-electron chi connectivity index (χ1n) is 4.59. The van der Waals surface area contributed by atoms with Crippen LogP contribution < -0.4 is 5.32 Å². The summed E-state index contributed by atoms with van der Waals surface area (Å²) in [7, 11) is 2.05. The van der Waals surface area contributed by atoms with Gasteiger partial charge >= 0.3 is 0 Å². The molecule has 0 fully saturated rings. The standard InChI is InChI=1S/C11H16N2/c1-3-4-5-8-12-10-11-7-6-9-13(11)2/h1,6-7,9,12H,4-5,8,10H2,2H3. The average molecular weight is 176 g/mol. The third kappa shape index (κ3) is 3.35. The van der Waals surface area contributed by atoms with E-state index in [0.29, 0.717) is 0 Å². The van der Waals surface area contributed by atoms with Gasteiger partial charge in [0.15, 0.2) is 0 Å². The van der Waals surface area contributed by atoms with Crippen molar-refractivity contribution in [3.8, 4) is 12.3 Å². The highest BCUT2D eigenvalue weighted by atomic mass is 15.0. The molecular weight excluding hydrogens is 160 g/mol. The van der Waals surface area contributed by atoms with Gasteiger partial charge in [-0.1, -0.05) is 0 Å². The van der Waals surface area contributed by atoms with Crippen LogP contribution in [-0.2, 0) is 13.6 Å². The first kappa shape index (κ1) is 9.88. The summed E-state index contributed by atoms with van der Waals surface area (Å²) in [6.45, 7) is 1.92. The molecule has 0 aromatic carbocycles. The minimum Gasteiger partial charge on any atom is -0.353 e. The summed E-state index contributed by atoms with van der Waals surface area (Å²) in [6, 6.07) is 4.17. The highest BCUT2D eigenvalue weighted by molar-refractivity contribution is 5.05. The summed E-state index contributed by atoms with van der Waals surface area (Å²) in [5.74, 6) is 2.63. The van der Waals surface area contributed by atoms with Crippen LogP contribution in [0.4, 0.5) is 0 Å². The van der Waals surface area contributed by atoms with Crippen molar-refractivity contribution >= 4 is 0 Å². The zero-order valence-electron chi connectivity index (χ0n) is 8.09. The maximum absolute atomic E-state index is 5.15. The van der Waals surface area contributed by atoms with Gasteiger partial charge in [0.1, 0.15) is 0 Å². The van der Waals surface area contributed by atoms with E-state index >= 15 is 0 Å². The van der Waals surface area contributed by atoms with Gasteiger partial charge < -0.3 is 9.88 Å². The Morgan fingerprint density at radius 1 is 1.62 bits per heavy atom. The summed E-state index contributed by atoms with van der Waals surface area (Å²) in [5.41, 5.74) is 1.31. The van der Waals surface area contributed by atoms with Crippen LogP contribution in [0.1, 0.15) is 18.5 Å². The van der Waals surface area contributed by atoms with E-state index in [1.54, 1.807) is 0 Å². The van der Waals surface area contributed by atoms with Gasteiger partial charge in [0.05, 0.1) is 0 Å². The molecule has 1 rings (SSSR count). The van der Waals surface area contributed by atoms with E-state index in [1.165, 1.54) is 5.69 Å². The van der Waals surface area contributed by atoms with Crippen LogP contribution in [0.2, 0.25) is 0 Å². The van der Waals surface area contributed by atoms with Crippen molar-refractivity contribution in [1.82, 2.24) is 9.88 Å². The second kappa shape index (κ2) is 5.45. The molecule has 0 atom stereocenters. The fraction of sp³-hybridized carbons (Fsp3) is 0.455. The fourth-order valence-electron chi connectivity index (χ4n) is 1.21. The van der Waals surface area contributed by atoms with Gasteiger partial charge in [0.2, 0.25) is 0 Å². The van der Waals surface area contributed by atoms with Crippen molar-refractivity contribution in [2.75, 3.05) is 6.54 Å². The van der Waals surface area contributed by atoms with Crippen LogP contribution in [0, 0.1) is 12.3 Å². The molecule has 0 aliphatic heterocycles. The fourth-order valence-corrected chi connectivity index (χ4v) is 1.21. The molecule has 0 bridgehead atoms. The molecule has 0 amide bonds. The Morgan fingerprint density at radius 2 is 2.46 bits per heavy atom. The smallest absolute Gasteiger partial charge is 0.0359 e. The Labute approximate surface area is 80.0 Å². The lowest BCUT2D eigenvalue weighted by Crippen LogP contribution is -2.16. The summed E-state index contributed by atoms with van der Waals surface area (Å²) in [6.07, 6.45) is 9.12. The zero-order chi connectivity index (χ0) is 9.52. The van der Waals surface area contributed by atoms with Crippen LogP contribution in [0.25, 0.3) is 0 Å². The maximum atomic E-state index is 5.15. The highest BCUT2D eigenvalue weighted by Crippen LogP contribution is 1.98. The molecule has 70 valence electrons. The lowest BCUT2D eigenvalue weighted by molar-refractivity contribution is 0.632. The number of nitrogens with zero attached hydrogens (tertiary/aromatic N) is 1. The van der Waals surface area contributed by atoms with E-state index in [2.05, 4.69) is 41.2 Å². The lowest BCUT2D eigenvalue weighted by atomic mass is 10.3. The number of rotatable bonds is 5. The van der Waals surface area contributed by atoms with Crippen LogP contribution in [0.15, 0.2) is 18.3 Å². The topological polar surface area (TPSA) is 17.0 Å². The van der Waals surface area contributed by atoms with Gasteiger partial charge in [0.25, 0.3) is 0 Å². The first-order valence-corrected chi connectivity index (χ1v) is 4.59. The van der Waals surface area contributed by atoms with E-state index in [4.69, 9.17) is 6.42 Å². The predicted molar refractivity (Wildman–Crippen MR) is 55.2 cm³/mol. The second-order valence-corrected chi connectivity index (χ2v) is 3.09. The van der Waals surface area contributed by atoms with Gasteiger partial charge in [-0.2, -0.15) is 0 Å². The molecule has 0 spiro atoms. The highest BCUT2D eigenvalue weighted by Gasteiger charge is 1.94. The molecule has 0 aliphatic rings. The zero-order valence-corrected chi connectivity index (χ0v) is 8.09. The first-order chi connectivity index (χ1) is 6.34. The number of aryl methyl sites for hydroxylation is 1. The molecule has 0 aliphatic carbocycles. The van der Waals surface area contributed by atoms with E-state index in [0.717, 1.165) is 25.9 Å². The number of hydrogen-bond donors (Lipinski definition) is 1. The van der Waals surface area contributed by atoms with Crippen LogP contribution >= 0.6 is 0 Å². The Hall–Kier alpha value is -1.20. The van der Waals surface area contributed by atoms with Crippen molar-refractivity contribution in [1.29, 1.82) is 0 Å². The van der Waals surface area contributed by atoms with E-state index in [1.807, 2.05) is 0 Å². The van der Waals surface area contributed by atoms with Crippen LogP contribution in [-0.4, -0.2) is 11.1 Å². The van der Waals surface area contributed by atoms with E-state index in [-0.39, 0.29) is 0 Å². The Balaban J connectivity index is 2.14. The van der Waals surface area contributed by atoms with Gasteiger partial charge in [-0.25, -0.2) is 0 Å². The van der Waals surface area contributed by atoms with Crippen molar-refractivity contribution < 1.29 is 0 Å². The molecule has 13 heavy (non-hydrogen) atoms. The summed E-state index contributed by atoms with van der Waals surface area (Å²) < 4.78 is 2.12. The Morgan fingerprint density at radius 3 is 3.08 bits per heavy atom. The third-order valence-corrected chi connectivity index (χ3v) is 2.03. The molecule has 0 saturated carbocycles. The molecule has 0 saturated heterocycles. The van der Waals surface area contributed by atoms with Gasteiger partial charge in [-0.15, -0.1) is 12.3 Å². The molecule has 2 heteroatoms. The average Bonchev–Trinajstić information content (AvgIpc) is 2.52. The Bertz CT molecular complexity index is 281. The molecule has 0 radical (unpaired) electrons. The molecule has 2 nitrogen and oxygen atoms in total. The molecule has 0 unspecified atom stereocenters.